The van der Waals surface area contributed by atoms with E-state index in [-0.39, 0.29) is 5.92 Å². The first-order valence-corrected chi connectivity index (χ1v) is 8.92. The largest absolute Gasteiger partial charge is 0.364 e. The van der Waals surface area contributed by atoms with Gasteiger partial charge in [0, 0.05) is 25.0 Å². The number of nitrogens with one attached hydrogen (secondary N) is 1. The lowest BCUT2D eigenvalue weighted by Crippen LogP contribution is -2.35. The van der Waals surface area contributed by atoms with Crippen LogP contribution >= 0.6 is 11.8 Å². The van der Waals surface area contributed by atoms with E-state index in [1.165, 1.54) is 12.8 Å². The lowest BCUT2D eigenvalue weighted by Gasteiger charge is -2.20. The molecule has 114 valence electrons. The second kappa shape index (κ2) is 6.64. The van der Waals surface area contributed by atoms with Crippen LogP contribution in [0.5, 0.6) is 0 Å². The maximum atomic E-state index is 12.4. The van der Waals surface area contributed by atoms with E-state index < -0.39 is 0 Å². The molecule has 2 heterocycles. The van der Waals surface area contributed by atoms with Gasteiger partial charge >= 0.3 is 0 Å². The summed E-state index contributed by atoms with van der Waals surface area (Å²) >= 11 is 1.58. The van der Waals surface area contributed by atoms with E-state index in [0.717, 1.165) is 43.2 Å². The first kappa shape index (κ1) is 14.6. The Morgan fingerprint density at radius 1 is 1.29 bits per heavy atom. The van der Waals surface area contributed by atoms with Crippen molar-refractivity contribution in [2.24, 2.45) is 5.92 Å². The molecule has 1 aliphatic carbocycles. The number of likely N-dealkylation sites (tertiary alicyclic amines) is 1. The lowest BCUT2D eigenvalue weighted by molar-refractivity contribution is -0.134. The van der Waals surface area contributed by atoms with Crippen LogP contribution in [0.25, 0.3) is 0 Å². The van der Waals surface area contributed by atoms with Gasteiger partial charge in [0.1, 0.15) is 10.8 Å². The highest BCUT2D eigenvalue weighted by molar-refractivity contribution is 7.98. The van der Waals surface area contributed by atoms with Crippen molar-refractivity contribution in [3.63, 3.8) is 0 Å². The Morgan fingerprint density at radius 2 is 2.10 bits per heavy atom. The molecule has 3 rings (SSSR count). The summed E-state index contributed by atoms with van der Waals surface area (Å²) in [4.78, 5) is 14.4. The monoisotopic (exact) mass is 306 g/mol. The maximum absolute atomic E-state index is 12.4. The zero-order valence-corrected chi connectivity index (χ0v) is 13.2. The summed E-state index contributed by atoms with van der Waals surface area (Å²) < 4.78 is 0. The van der Waals surface area contributed by atoms with E-state index in [0.29, 0.717) is 11.9 Å². The fourth-order valence-corrected chi connectivity index (χ4v) is 3.55. The van der Waals surface area contributed by atoms with Crippen molar-refractivity contribution in [1.29, 1.82) is 0 Å². The summed E-state index contributed by atoms with van der Waals surface area (Å²) in [6.45, 7) is 1.66. The molecule has 2 fully saturated rings. The van der Waals surface area contributed by atoms with Gasteiger partial charge in [0.15, 0.2) is 0 Å². The molecule has 6 heteroatoms. The van der Waals surface area contributed by atoms with E-state index >= 15 is 0 Å². The van der Waals surface area contributed by atoms with Gasteiger partial charge in [-0.2, -0.15) is 0 Å². The SMILES string of the molecule is CSc1ccc(NC2CCN(C(=O)C3CCCC3)C2)nn1. The average molecular weight is 306 g/mol. The molecule has 0 bridgehead atoms. The van der Waals surface area contributed by atoms with Crippen LogP contribution in [0, 0.1) is 5.92 Å². The predicted molar refractivity (Wildman–Crippen MR) is 84.4 cm³/mol. The molecule has 0 radical (unpaired) electrons. The van der Waals surface area contributed by atoms with Crippen LogP contribution < -0.4 is 5.32 Å². The molecule has 1 atom stereocenters. The van der Waals surface area contributed by atoms with Gasteiger partial charge in [0.2, 0.25) is 5.91 Å². The third kappa shape index (κ3) is 3.48. The molecule has 2 aliphatic rings. The van der Waals surface area contributed by atoms with Crippen molar-refractivity contribution in [1.82, 2.24) is 15.1 Å². The molecule has 0 spiro atoms. The van der Waals surface area contributed by atoms with E-state index in [1.807, 2.05) is 23.3 Å². The van der Waals surface area contributed by atoms with Crippen molar-refractivity contribution in [2.45, 2.75) is 43.2 Å². The Morgan fingerprint density at radius 3 is 2.76 bits per heavy atom. The van der Waals surface area contributed by atoms with Gasteiger partial charge in [-0.25, -0.2) is 0 Å². The van der Waals surface area contributed by atoms with Crippen LogP contribution in [-0.4, -0.2) is 46.4 Å². The second-order valence-electron chi connectivity index (χ2n) is 5.86. The highest BCUT2D eigenvalue weighted by Crippen LogP contribution is 2.28. The molecule has 1 N–H and O–H groups in total. The Bertz CT molecular complexity index is 487. The Kier molecular flexibility index (Phi) is 4.63. The molecule has 0 aromatic carbocycles. The number of anilines is 1. The number of hydrogen-bond acceptors (Lipinski definition) is 5. The number of thioether (sulfide) groups is 1. The van der Waals surface area contributed by atoms with Crippen LogP contribution in [-0.2, 0) is 4.79 Å². The minimum atomic E-state index is 0.282. The third-order valence-corrected chi connectivity index (χ3v) is 5.04. The summed E-state index contributed by atoms with van der Waals surface area (Å²) in [5.41, 5.74) is 0. The number of aromatic nitrogens is 2. The zero-order chi connectivity index (χ0) is 14.7. The molecular formula is C15H22N4OS. The molecule has 1 aromatic heterocycles. The Hall–Kier alpha value is -1.30. The molecule has 1 aromatic rings. The topological polar surface area (TPSA) is 58.1 Å². The van der Waals surface area contributed by atoms with Crippen LogP contribution in [0.2, 0.25) is 0 Å². The third-order valence-electron chi connectivity index (χ3n) is 4.41. The van der Waals surface area contributed by atoms with Crippen LogP contribution in [0.3, 0.4) is 0 Å². The van der Waals surface area contributed by atoms with Crippen LogP contribution in [0.15, 0.2) is 17.2 Å². The number of carbonyl (C=O) groups excluding carboxylic acids is 1. The highest BCUT2D eigenvalue weighted by atomic mass is 32.2. The summed E-state index contributed by atoms with van der Waals surface area (Å²) in [7, 11) is 0. The summed E-state index contributed by atoms with van der Waals surface area (Å²) in [5, 5.41) is 12.6. The number of nitrogens with zero attached hydrogens (tertiary/aromatic N) is 3. The average Bonchev–Trinajstić information content (AvgIpc) is 3.19. The van der Waals surface area contributed by atoms with Crippen LogP contribution in [0.4, 0.5) is 5.82 Å². The van der Waals surface area contributed by atoms with E-state index in [4.69, 9.17) is 0 Å². The highest BCUT2D eigenvalue weighted by Gasteiger charge is 2.32. The smallest absolute Gasteiger partial charge is 0.225 e. The molecule has 1 amide bonds. The van der Waals surface area contributed by atoms with Gasteiger partial charge < -0.3 is 10.2 Å². The number of rotatable bonds is 4. The minimum absolute atomic E-state index is 0.282. The molecule has 1 aliphatic heterocycles. The predicted octanol–water partition coefficient (Wildman–Crippen LogP) is 2.40. The molecule has 5 nitrogen and oxygen atoms in total. The second-order valence-corrected chi connectivity index (χ2v) is 6.68. The number of hydrogen-bond donors (Lipinski definition) is 1. The van der Waals surface area contributed by atoms with Gasteiger partial charge in [-0.05, 0) is 37.7 Å². The normalized spacial score (nSPS) is 22.7. The van der Waals surface area contributed by atoms with Crippen molar-refractivity contribution in [3.05, 3.63) is 12.1 Å². The van der Waals surface area contributed by atoms with Gasteiger partial charge in [0.05, 0.1) is 0 Å². The van der Waals surface area contributed by atoms with Crippen molar-refractivity contribution in [2.75, 3.05) is 24.7 Å². The molecule has 21 heavy (non-hydrogen) atoms. The van der Waals surface area contributed by atoms with Gasteiger partial charge in [0.25, 0.3) is 0 Å². The Labute approximate surface area is 129 Å². The standard InChI is InChI=1S/C15H22N4OS/c1-21-14-7-6-13(17-18-14)16-12-8-9-19(10-12)15(20)11-4-2-3-5-11/h6-7,11-12H,2-5,8-10H2,1H3,(H,16,17). The summed E-state index contributed by atoms with van der Waals surface area (Å²) in [6, 6.07) is 4.22. The first-order chi connectivity index (χ1) is 10.3. The number of carbonyl (C=O) groups is 1. The minimum Gasteiger partial charge on any atom is -0.364 e. The molecule has 1 saturated carbocycles. The number of amides is 1. The lowest BCUT2D eigenvalue weighted by atomic mass is 10.1. The summed E-state index contributed by atoms with van der Waals surface area (Å²) in [5.74, 6) is 1.44. The quantitative estimate of drug-likeness (QED) is 0.866. The fourth-order valence-electron chi connectivity index (χ4n) is 3.22. The van der Waals surface area contributed by atoms with Crippen molar-refractivity contribution >= 4 is 23.5 Å². The van der Waals surface area contributed by atoms with Crippen LogP contribution in [0.1, 0.15) is 32.1 Å². The van der Waals surface area contributed by atoms with Crippen molar-refractivity contribution < 1.29 is 4.79 Å². The first-order valence-electron chi connectivity index (χ1n) is 7.69. The molecule has 1 unspecified atom stereocenters. The molecular weight excluding hydrogens is 284 g/mol. The van der Waals surface area contributed by atoms with Gasteiger partial charge in [-0.3, -0.25) is 4.79 Å². The van der Waals surface area contributed by atoms with Gasteiger partial charge in [-0.15, -0.1) is 22.0 Å². The Balaban J connectivity index is 1.52. The summed E-state index contributed by atoms with van der Waals surface area (Å²) in [6.07, 6.45) is 7.56. The van der Waals surface area contributed by atoms with Gasteiger partial charge in [-0.1, -0.05) is 12.8 Å². The fraction of sp³-hybridized carbons (Fsp3) is 0.667. The molecule has 1 saturated heterocycles. The van der Waals surface area contributed by atoms with E-state index in [1.54, 1.807) is 11.8 Å². The van der Waals surface area contributed by atoms with E-state index in [2.05, 4.69) is 15.5 Å². The van der Waals surface area contributed by atoms with E-state index in [9.17, 15) is 4.79 Å². The zero-order valence-electron chi connectivity index (χ0n) is 12.4. The maximum Gasteiger partial charge on any atom is 0.225 e. The van der Waals surface area contributed by atoms with Crippen molar-refractivity contribution in [3.8, 4) is 0 Å².